The van der Waals surface area contributed by atoms with Gasteiger partial charge in [-0.25, -0.2) is 9.97 Å². The summed E-state index contributed by atoms with van der Waals surface area (Å²) < 4.78 is 0. The monoisotopic (exact) mass is 271 g/mol. The highest BCUT2D eigenvalue weighted by Gasteiger charge is 2.49. The van der Waals surface area contributed by atoms with E-state index in [1.165, 1.54) is 32.1 Å². The molecule has 4 bridgehead atoms. The van der Waals surface area contributed by atoms with Crippen LogP contribution in [0, 0.1) is 23.7 Å². The van der Waals surface area contributed by atoms with Crippen LogP contribution in [-0.2, 0) is 6.42 Å². The van der Waals surface area contributed by atoms with Gasteiger partial charge in [0.1, 0.15) is 11.6 Å². The van der Waals surface area contributed by atoms with Crippen LogP contribution in [0.5, 0.6) is 0 Å². The highest BCUT2D eigenvalue weighted by atomic mass is 15.0. The van der Waals surface area contributed by atoms with Gasteiger partial charge in [-0.1, -0.05) is 13.3 Å². The molecule has 0 amide bonds. The summed E-state index contributed by atoms with van der Waals surface area (Å²) in [6.07, 6.45) is 9.30. The van der Waals surface area contributed by atoms with Crippen LogP contribution in [0.4, 0.5) is 5.82 Å². The van der Waals surface area contributed by atoms with E-state index in [0.717, 1.165) is 48.0 Å². The molecule has 0 spiro atoms. The topological polar surface area (TPSA) is 51.8 Å². The van der Waals surface area contributed by atoms with E-state index in [1.807, 2.05) is 6.07 Å². The summed E-state index contributed by atoms with van der Waals surface area (Å²) in [5, 5.41) is 0. The summed E-state index contributed by atoms with van der Waals surface area (Å²) in [6, 6.07) is 1.96. The molecular formula is C17H25N3. The normalized spacial score (nSPS) is 38.4. The summed E-state index contributed by atoms with van der Waals surface area (Å²) in [5.74, 6) is 6.02. The van der Waals surface area contributed by atoms with E-state index >= 15 is 0 Å². The summed E-state index contributed by atoms with van der Waals surface area (Å²) in [4.78, 5) is 9.51. The number of hydrogen-bond acceptors (Lipinski definition) is 3. The Morgan fingerprint density at radius 1 is 1.05 bits per heavy atom. The van der Waals surface area contributed by atoms with E-state index in [0.29, 0.717) is 11.7 Å². The van der Waals surface area contributed by atoms with Gasteiger partial charge in [-0.2, -0.15) is 0 Å². The number of rotatable bonds is 3. The van der Waals surface area contributed by atoms with Gasteiger partial charge in [-0.05, 0) is 62.2 Å². The molecule has 4 saturated carbocycles. The Morgan fingerprint density at radius 2 is 1.70 bits per heavy atom. The number of nitrogens with zero attached hydrogens (tertiary/aromatic N) is 2. The zero-order valence-electron chi connectivity index (χ0n) is 12.4. The van der Waals surface area contributed by atoms with Gasteiger partial charge >= 0.3 is 0 Å². The van der Waals surface area contributed by atoms with E-state index in [-0.39, 0.29) is 0 Å². The lowest BCUT2D eigenvalue weighted by atomic mass is 9.51. The van der Waals surface area contributed by atoms with Crippen LogP contribution in [0.3, 0.4) is 0 Å². The second-order valence-corrected chi connectivity index (χ2v) is 7.35. The minimum atomic E-state index is 0.599. The number of hydrogen-bond donors (Lipinski definition) is 1. The van der Waals surface area contributed by atoms with Crippen LogP contribution < -0.4 is 5.73 Å². The molecule has 20 heavy (non-hydrogen) atoms. The molecule has 5 rings (SSSR count). The van der Waals surface area contributed by atoms with Crippen molar-refractivity contribution >= 4 is 5.82 Å². The standard InChI is InChI=1S/C17H25N3/c1-2-3-14-9-15(18)20-17(19-14)16-12-5-10-4-11(7-12)8-13(16)6-10/h9-13,16H,2-8H2,1H3,(H2,18,19,20). The number of anilines is 1. The van der Waals surface area contributed by atoms with Gasteiger partial charge in [0, 0.05) is 17.7 Å². The van der Waals surface area contributed by atoms with Gasteiger partial charge in [-0.15, -0.1) is 0 Å². The molecule has 4 fully saturated rings. The Morgan fingerprint density at radius 3 is 2.30 bits per heavy atom. The molecule has 1 aromatic rings. The van der Waals surface area contributed by atoms with Crippen molar-refractivity contribution in [2.75, 3.05) is 5.73 Å². The molecule has 0 atom stereocenters. The van der Waals surface area contributed by atoms with Crippen molar-refractivity contribution in [1.82, 2.24) is 9.97 Å². The molecule has 4 aliphatic carbocycles. The summed E-state index contributed by atoms with van der Waals surface area (Å²) in [7, 11) is 0. The zero-order chi connectivity index (χ0) is 13.7. The maximum absolute atomic E-state index is 6.03. The molecule has 108 valence electrons. The van der Waals surface area contributed by atoms with Crippen LogP contribution in [0.15, 0.2) is 6.07 Å². The quantitative estimate of drug-likeness (QED) is 0.914. The van der Waals surface area contributed by atoms with E-state index in [9.17, 15) is 0 Å². The third-order valence-electron chi connectivity index (χ3n) is 5.85. The lowest BCUT2D eigenvalue weighted by Gasteiger charge is -2.53. The van der Waals surface area contributed by atoms with Crippen molar-refractivity contribution in [3.8, 4) is 0 Å². The number of aromatic nitrogens is 2. The summed E-state index contributed by atoms with van der Waals surface area (Å²) in [5.41, 5.74) is 7.17. The Labute approximate surface area is 121 Å². The number of nitrogen functional groups attached to an aromatic ring is 1. The van der Waals surface area contributed by atoms with E-state index in [4.69, 9.17) is 10.7 Å². The minimum absolute atomic E-state index is 0.599. The van der Waals surface area contributed by atoms with Crippen molar-refractivity contribution in [3.05, 3.63) is 17.6 Å². The molecule has 0 radical (unpaired) electrons. The largest absolute Gasteiger partial charge is 0.384 e. The molecule has 0 aliphatic heterocycles. The SMILES string of the molecule is CCCc1cc(N)nc(C2C3CC4CC(C3)CC2C4)n1. The Hall–Kier alpha value is -1.12. The van der Waals surface area contributed by atoms with Crippen LogP contribution in [0.1, 0.15) is 62.9 Å². The summed E-state index contributed by atoms with van der Waals surface area (Å²) in [6.45, 7) is 2.20. The fraction of sp³-hybridized carbons (Fsp3) is 0.765. The third-order valence-corrected chi connectivity index (χ3v) is 5.85. The first-order valence-electron chi connectivity index (χ1n) is 8.36. The van der Waals surface area contributed by atoms with Crippen molar-refractivity contribution in [2.24, 2.45) is 23.7 Å². The van der Waals surface area contributed by atoms with Gasteiger partial charge in [0.25, 0.3) is 0 Å². The molecule has 0 saturated heterocycles. The maximum Gasteiger partial charge on any atom is 0.134 e. The third kappa shape index (κ3) is 2.02. The summed E-state index contributed by atoms with van der Waals surface area (Å²) >= 11 is 0. The van der Waals surface area contributed by atoms with Gasteiger partial charge in [-0.3, -0.25) is 0 Å². The lowest BCUT2D eigenvalue weighted by molar-refractivity contribution is -0.00566. The van der Waals surface area contributed by atoms with Gasteiger partial charge in [0.15, 0.2) is 0 Å². The highest BCUT2D eigenvalue weighted by Crippen LogP contribution is 2.59. The Kier molecular flexibility index (Phi) is 2.97. The predicted octanol–water partition coefficient (Wildman–Crippen LogP) is 3.55. The second kappa shape index (κ2) is 4.71. The first kappa shape index (κ1) is 12.6. The molecule has 1 heterocycles. The molecule has 3 heteroatoms. The highest BCUT2D eigenvalue weighted by molar-refractivity contribution is 5.31. The first-order chi connectivity index (χ1) is 9.72. The average molecular weight is 271 g/mol. The fourth-order valence-electron chi connectivity index (χ4n) is 5.42. The zero-order valence-corrected chi connectivity index (χ0v) is 12.4. The minimum Gasteiger partial charge on any atom is -0.384 e. The van der Waals surface area contributed by atoms with E-state index in [2.05, 4.69) is 11.9 Å². The smallest absolute Gasteiger partial charge is 0.134 e. The maximum atomic E-state index is 6.03. The van der Waals surface area contributed by atoms with Gasteiger partial charge in [0.2, 0.25) is 0 Å². The van der Waals surface area contributed by atoms with Crippen molar-refractivity contribution in [2.45, 2.75) is 57.8 Å². The van der Waals surface area contributed by atoms with Gasteiger partial charge in [0.05, 0.1) is 0 Å². The molecule has 0 unspecified atom stereocenters. The molecular weight excluding hydrogens is 246 g/mol. The number of nitrogens with two attached hydrogens (primary N) is 1. The van der Waals surface area contributed by atoms with Crippen LogP contribution in [0.2, 0.25) is 0 Å². The van der Waals surface area contributed by atoms with Crippen LogP contribution in [0.25, 0.3) is 0 Å². The number of aryl methyl sites for hydroxylation is 1. The van der Waals surface area contributed by atoms with Crippen LogP contribution in [-0.4, -0.2) is 9.97 Å². The lowest BCUT2D eigenvalue weighted by Crippen LogP contribution is -2.44. The first-order valence-corrected chi connectivity index (χ1v) is 8.36. The van der Waals surface area contributed by atoms with E-state index < -0.39 is 0 Å². The molecule has 4 aliphatic rings. The fourth-order valence-corrected chi connectivity index (χ4v) is 5.42. The van der Waals surface area contributed by atoms with Gasteiger partial charge < -0.3 is 5.73 Å². The molecule has 1 aromatic heterocycles. The van der Waals surface area contributed by atoms with Crippen molar-refractivity contribution in [3.63, 3.8) is 0 Å². The molecule has 2 N–H and O–H groups in total. The van der Waals surface area contributed by atoms with Crippen molar-refractivity contribution in [1.29, 1.82) is 0 Å². The Balaban J connectivity index is 1.67. The van der Waals surface area contributed by atoms with E-state index in [1.54, 1.807) is 0 Å². The molecule has 0 aromatic carbocycles. The van der Waals surface area contributed by atoms with Crippen LogP contribution >= 0.6 is 0 Å². The Bertz CT molecular complexity index is 483. The second-order valence-electron chi connectivity index (χ2n) is 7.35. The average Bonchev–Trinajstić information content (AvgIpc) is 2.37. The predicted molar refractivity (Wildman–Crippen MR) is 80.2 cm³/mol. The molecule has 3 nitrogen and oxygen atoms in total. The van der Waals surface area contributed by atoms with Crippen molar-refractivity contribution < 1.29 is 0 Å².